The Morgan fingerprint density at radius 2 is 2.05 bits per heavy atom. The van der Waals surface area contributed by atoms with Crippen LogP contribution in [0, 0.1) is 0 Å². The molecule has 4 rings (SSSR count). The minimum Gasteiger partial charge on any atom is -0.296 e. The van der Waals surface area contributed by atoms with Gasteiger partial charge in [-0.15, -0.1) is 10.2 Å². The zero-order valence-electron chi connectivity index (χ0n) is 11.4. The summed E-state index contributed by atoms with van der Waals surface area (Å²) < 4.78 is 1.86. The number of benzene rings is 1. The fourth-order valence-corrected chi connectivity index (χ4v) is 3.68. The lowest BCUT2D eigenvalue weighted by Gasteiger charge is -2.11. The van der Waals surface area contributed by atoms with Crippen molar-refractivity contribution in [2.75, 3.05) is 13.1 Å². The maximum Gasteiger partial charge on any atom is 0.235 e. The molecule has 3 aromatic rings. The largest absolute Gasteiger partial charge is 0.296 e. The quantitative estimate of drug-likeness (QED) is 0.744. The molecule has 0 N–H and O–H groups in total. The summed E-state index contributed by atoms with van der Waals surface area (Å²) in [5.74, 6) is 0.913. The van der Waals surface area contributed by atoms with Crippen molar-refractivity contribution in [3.63, 3.8) is 0 Å². The maximum atomic E-state index is 6.05. The van der Waals surface area contributed by atoms with Gasteiger partial charge in [-0.05, 0) is 38.1 Å². The molecule has 1 aromatic carbocycles. The van der Waals surface area contributed by atoms with Crippen molar-refractivity contribution in [2.24, 2.45) is 0 Å². The molecule has 0 bridgehead atoms. The molecular formula is C14H14ClN5S. The second kappa shape index (κ2) is 5.36. The van der Waals surface area contributed by atoms with Crippen LogP contribution in [0.2, 0.25) is 5.02 Å². The molecule has 1 aliphatic heterocycles. The van der Waals surface area contributed by atoms with E-state index in [1.54, 1.807) is 0 Å². The van der Waals surface area contributed by atoms with Crippen molar-refractivity contribution < 1.29 is 0 Å². The fraction of sp³-hybridized carbons (Fsp3) is 0.357. The Hall–Kier alpha value is -1.50. The molecule has 0 saturated carbocycles. The van der Waals surface area contributed by atoms with Gasteiger partial charge in [0.15, 0.2) is 5.82 Å². The zero-order chi connectivity index (χ0) is 14.2. The van der Waals surface area contributed by atoms with Gasteiger partial charge in [0.05, 0.1) is 6.54 Å². The molecule has 1 fully saturated rings. The first-order chi connectivity index (χ1) is 10.3. The van der Waals surface area contributed by atoms with Gasteiger partial charge in [0.25, 0.3) is 0 Å². The number of halogens is 1. The summed E-state index contributed by atoms with van der Waals surface area (Å²) in [6, 6.07) is 7.74. The topological polar surface area (TPSA) is 46.3 Å². The average molecular weight is 320 g/mol. The molecule has 3 heterocycles. The molecular weight excluding hydrogens is 306 g/mol. The van der Waals surface area contributed by atoms with Crippen LogP contribution in [0.3, 0.4) is 0 Å². The molecule has 0 radical (unpaired) electrons. The third kappa shape index (κ3) is 2.54. The predicted octanol–water partition coefficient (Wildman–Crippen LogP) is 3.10. The monoisotopic (exact) mass is 319 g/mol. The Balaban J connectivity index is 1.68. The first-order valence-electron chi connectivity index (χ1n) is 6.99. The first kappa shape index (κ1) is 13.2. The summed E-state index contributed by atoms with van der Waals surface area (Å²) in [5, 5.41) is 14.8. The third-order valence-corrected chi connectivity index (χ3v) is 4.87. The van der Waals surface area contributed by atoms with Crippen LogP contribution in [0.1, 0.15) is 18.7 Å². The van der Waals surface area contributed by atoms with E-state index < -0.39 is 0 Å². The maximum absolute atomic E-state index is 6.05. The Bertz CT molecular complexity index is 775. The number of rotatable bonds is 3. The molecule has 0 unspecified atom stereocenters. The van der Waals surface area contributed by atoms with Crippen LogP contribution in [0.4, 0.5) is 0 Å². The van der Waals surface area contributed by atoms with E-state index in [4.69, 9.17) is 11.6 Å². The molecule has 0 aliphatic carbocycles. The highest BCUT2D eigenvalue weighted by atomic mass is 35.5. The van der Waals surface area contributed by atoms with Gasteiger partial charge in [0.2, 0.25) is 4.96 Å². The van der Waals surface area contributed by atoms with E-state index in [-0.39, 0.29) is 0 Å². The summed E-state index contributed by atoms with van der Waals surface area (Å²) >= 11 is 7.59. The van der Waals surface area contributed by atoms with Crippen LogP contribution < -0.4 is 0 Å². The number of likely N-dealkylation sites (tertiary alicyclic amines) is 1. The lowest BCUT2D eigenvalue weighted by molar-refractivity contribution is 0.319. The normalized spacial score (nSPS) is 16.0. The molecule has 7 heteroatoms. The van der Waals surface area contributed by atoms with Crippen LogP contribution in [0.5, 0.6) is 0 Å². The molecule has 0 amide bonds. The van der Waals surface area contributed by atoms with Gasteiger partial charge in [-0.3, -0.25) is 4.90 Å². The zero-order valence-corrected chi connectivity index (χ0v) is 12.9. The van der Waals surface area contributed by atoms with Crippen molar-refractivity contribution in [2.45, 2.75) is 19.4 Å². The van der Waals surface area contributed by atoms with Gasteiger partial charge in [0.1, 0.15) is 5.01 Å². The van der Waals surface area contributed by atoms with Gasteiger partial charge in [-0.2, -0.15) is 9.61 Å². The van der Waals surface area contributed by atoms with Crippen molar-refractivity contribution in [1.29, 1.82) is 0 Å². The smallest absolute Gasteiger partial charge is 0.235 e. The summed E-state index contributed by atoms with van der Waals surface area (Å²) in [5.41, 5.74) is 1.02. The molecule has 0 spiro atoms. The van der Waals surface area contributed by atoms with Crippen molar-refractivity contribution >= 4 is 27.9 Å². The van der Waals surface area contributed by atoms with E-state index in [0.29, 0.717) is 0 Å². The van der Waals surface area contributed by atoms with Gasteiger partial charge in [0, 0.05) is 10.6 Å². The first-order valence-corrected chi connectivity index (χ1v) is 8.18. The van der Waals surface area contributed by atoms with Gasteiger partial charge in [-0.25, -0.2) is 0 Å². The van der Waals surface area contributed by atoms with Crippen LogP contribution in [-0.2, 0) is 6.54 Å². The standard InChI is InChI=1S/C14H14ClN5S/c15-11-5-3-4-10(8-11)13-18-20-12(16-17-14(20)21-13)9-19-6-1-2-7-19/h3-5,8H,1-2,6-7,9H2. The lowest BCUT2D eigenvalue weighted by atomic mass is 10.2. The lowest BCUT2D eigenvalue weighted by Crippen LogP contribution is -2.20. The third-order valence-electron chi connectivity index (χ3n) is 3.69. The highest BCUT2D eigenvalue weighted by molar-refractivity contribution is 7.19. The van der Waals surface area contributed by atoms with Crippen molar-refractivity contribution in [1.82, 2.24) is 24.7 Å². The number of nitrogens with zero attached hydrogens (tertiary/aromatic N) is 5. The van der Waals surface area contributed by atoms with Crippen molar-refractivity contribution in [3.05, 3.63) is 35.1 Å². The van der Waals surface area contributed by atoms with Crippen LogP contribution in [-0.4, -0.2) is 37.8 Å². The number of hydrogen-bond donors (Lipinski definition) is 0. The van der Waals surface area contributed by atoms with E-state index in [1.165, 1.54) is 24.2 Å². The van der Waals surface area contributed by atoms with Gasteiger partial charge in [-0.1, -0.05) is 35.1 Å². The van der Waals surface area contributed by atoms with E-state index in [9.17, 15) is 0 Å². The number of aromatic nitrogens is 4. The van der Waals surface area contributed by atoms with Crippen LogP contribution >= 0.6 is 22.9 Å². The highest BCUT2D eigenvalue weighted by Gasteiger charge is 2.18. The minimum atomic E-state index is 0.718. The van der Waals surface area contributed by atoms with Crippen LogP contribution in [0.15, 0.2) is 24.3 Å². The van der Waals surface area contributed by atoms with Crippen LogP contribution in [0.25, 0.3) is 15.5 Å². The second-order valence-corrected chi connectivity index (χ2v) is 6.60. The van der Waals surface area contributed by atoms with Gasteiger partial charge < -0.3 is 0 Å². The fourth-order valence-electron chi connectivity index (χ4n) is 2.63. The summed E-state index contributed by atoms with van der Waals surface area (Å²) in [4.78, 5) is 3.23. The SMILES string of the molecule is Clc1cccc(-c2nn3c(CN4CCCC4)nnc3s2)c1. The Morgan fingerprint density at radius 1 is 1.19 bits per heavy atom. The minimum absolute atomic E-state index is 0.718. The second-order valence-electron chi connectivity index (χ2n) is 5.21. The number of fused-ring (bicyclic) bond motifs is 1. The van der Waals surface area contributed by atoms with Crippen molar-refractivity contribution in [3.8, 4) is 10.6 Å². The average Bonchev–Trinajstić information content (AvgIpc) is 3.18. The molecule has 2 aromatic heterocycles. The van der Waals surface area contributed by atoms with E-state index in [1.807, 2.05) is 28.8 Å². The molecule has 1 aliphatic rings. The Kier molecular flexibility index (Phi) is 3.37. The molecule has 5 nitrogen and oxygen atoms in total. The molecule has 0 atom stereocenters. The Labute approximate surface area is 131 Å². The van der Waals surface area contributed by atoms with Gasteiger partial charge >= 0.3 is 0 Å². The van der Waals surface area contributed by atoms with E-state index >= 15 is 0 Å². The summed E-state index contributed by atoms with van der Waals surface area (Å²) in [7, 11) is 0. The summed E-state index contributed by atoms with van der Waals surface area (Å²) in [6.07, 6.45) is 2.54. The predicted molar refractivity (Wildman–Crippen MR) is 83.6 cm³/mol. The molecule has 108 valence electrons. The van der Waals surface area contributed by atoms with E-state index in [0.717, 1.165) is 46.0 Å². The highest BCUT2D eigenvalue weighted by Crippen LogP contribution is 2.27. The molecule has 21 heavy (non-hydrogen) atoms. The number of hydrogen-bond acceptors (Lipinski definition) is 5. The molecule has 1 saturated heterocycles. The van der Waals surface area contributed by atoms with E-state index in [2.05, 4.69) is 20.2 Å². The Morgan fingerprint density at radius 3 is 2.86 bits per heavy atom. The summed E-state index contributed by atoms with van der Waals surface area (Å²) in [6.45, 7) is 3.10.